The summed E-state index contributed by atoms with van der Waals surface area (Å²) in [5.74, 6) is 0.0139. The normalized spacial score (nSPS) is 23.1. The smallest absolute Gasteiger partial charge is 0.416 e. The van der Waals surface area contributed by atoms with Crippen LogP contribution in [0.3, 0.4) is 0 Å². The van der Waals surface area contributed by atoms with Gasteiger partial charge in [-0.25, -0.2) is 9.69 Å². The highest BCUT2D eigenvalue weighted by atomic mass is 16.6. The molecule has 0 aromatic carbocycles. The Bertz CT molecular complexity index is 263. The molecule has 1 rings (SSSR count). The SMILES string of the molecule is CCC([13CH3])C(=O)N1C(=O)OC[C@@H]1C(C)C. The van der Waals surface area contributed by atoms with Gasteiger partial charge in [0.2, 0.25) is 5.91 Å². The van der Waals surface area contributed by atoms with Crippen LogP contribution in [0.15, 0.2) is 0 Å². The van der Waals surface area contributed by atoms with E-state index in [9.17, 15) is 9.59 Å². The van der Waals surface area contributed by atoms with Crippen LogP contribution in [0.5, 0.6) is 0 Å². The summed E-state index contributed by atoms with van der Waals surface area (Å²) in [6, 6.07) is -0.0981. The first-order chi connectivity index (χ1) is 6.99. The molecule has 0 N–H and O–H groups in total. The largest absolute Gasteiger partial charge is 0.447 e. The second-order valence-electron chi connectivity index (χ2n) is 4.41. The van der Waals surface area contributed by atoms with Gasteiger partial charge in [-0.1, -0.05) is 27.7 Å². The molecule has 0 aromatic heterocycles. The van der Waals surface area contributed by atoms with Gasteiger partial charge in [-0.15, -0.1) is 0 Å². The molecule has 1 fully saturated rings. The highest BCUT2D eigenvalue weighted by molar-refractivity contribution is 5.94. The highest BCUT2D eigenvalue weighted by Gasteiger charge is 2.40. The van der Waals surface area contributed by atoms with Gasteiger partial charge in [0.05, 0.1) is 6.04 Å². The van der Waals surface area contributed by atoms with E-state index in [4.69, 9.17) is 4.74 Å². The Hall–Kier alpha value is -1.06. The van der Waals surface area contributed by atoms with Crippen molar-refractivity contribution in [3.63, 3.8) is 0 Å². The second-order valence-corrected chi connectivity index (χ2v) is 4.41. The minimum atomic E-state index is -0.487. The molecule has 86 valence electrons. The van der Waals surface area contributed by atoms with Crippen molar-refractivity contribution in [1.82, 2.24) is 4.90 Å². The van der Waals surface area contributed by atoms with Gasteiger partial charge in [0.1, 0.15) is 6.61 Å². The molecule has 15 heavy (non-hydrogen) atoms. The average Bonchev–Trinajstić information content (AvgIpc) is 2.58. The Kier molecular flexibility index (Phi) is 3.72. The predicted octanol–water partition coefficient (Wildman–Crippen LogP) is 2.04. The Morgan fingerprint density at radius 3 is 2.60 bits per heavy atom. The summed E-state index contributed by atoms with van der Waals surface area (Å²) in [4.78, 5) is 24.7. The summed E-state index contributed by atoms with van der Waals surface area (Å²) in [7, 11) is 0. The summed E-state index contributed by atoms with van der Waals surface area (Å²) in [6.45, 7) is 8.09. The van der Waals surface area contributed by atoms with Crippen LogP contribution in [-0.4, -0.2) is 29.5 Å². The maximum atomic E-state index is 11.9. The molecule has 1 unspecified atom stereocenters. The van der Waals surface area contributed by atoms with Crippen molar-refractivity contribution in [1.29, 1.82) is 0 Å². The molecule has 4 heteroatoms. The lowest BCUT2D eigenvalue weighted by atomic mass is 10.0. The van der Waals surface area contributed by atoms with E-state index in [1.54, 1.807) is 0 Å². The van der Waals surface area contributed by atoms with Crippen molar-refractivity contribution in [2.24, 2.45) is 11.8 Å². The van der Waals surface area contributed by atoms with E-state index in [0.29, 0.717) is 6.61 Å². The fraction of sp³-hybridized carbons (Fsp3) is 0.818. The zero-order chi connectivity index (χ0) is 11.6. The maximum absolute atomic E-state index is 11.9. The van der Waals surface area contributed by atoms with Gasteiger partial charge >= 0.3 is 6.09 Å². The van der Waals surface area contributed by atoms with Gasteiger partial charge in [0, 0.05) is 5.92 Å². The van der Waals surface area contributed by atoms with Crippen LogP contribution >= 0.6 is 0 Å². The summed E-state index contributed by atoms with van der Waals surface area (Å²) >= 11 is 0. The molecule has 1 aliphatic heterocycles. The number of hydrogen-bond donors (Lipinski definition) is 0. The van der Waals surface area contributed by atoms with E-state index in [2.05, 4.69) is 0 Å². The van der Waals surface area contributed by atoms with Crippen LogP contribution in [0, 0.1) is 11.8 Å². The highest BCUT2D eigenvalue weighted by Crippen LogP contribution is 2.22. The van der Waals surface area contributed by atoms with E-state index >= 15 is 0 Å². The molecular formula is C11H19NO3. The first-order valence-electron chi connectivity index (χ1n) is 5.48. The van der Waals surface area contributed by atoms with Crippen molar-refractivity contribution in [3.05, 3.63) is 0 Å². The molecule has 1 saturated heterocycles. The molecule has 0 aliphatic carbocycles. The third kappa shape index (κ3) is 2.30. The van der Waals surface area contributed by atoms with Crippen LogP contribution in [0.4, 0.5) is 4.79 Å². The van der Waals surface area contributed by atoms with Crippen LogP contribution < -0.4 is 0 Å². The molecule has 1 aliphatic rings. The number of ether oxygens (including phenoxy) is 1. The van der Waals surface area contributed by atoms with Crippen molar-refractivity contribution < 1.29 is 14.3 Å². The van der Waals surface area contributed by atoms with Crippen molar-refractivity contribution in [2.75, 3.05) is 6.61 Å². The summed E-state index contributed by atoms with van der Waals surface area (Å²) < 4.78 is 4.92. The Labute approximate surface area is 90.6 Å². The minimum absolute atomic E-state index is 0.0981. The molecule has 4 nitrogen and oxygen atoms in total. The van der Waals surface area contributed by atoms with Gasteiger partial charge < -0.3 is 4.74 Å². The summed E-state index contributed by atoms with van der Waals surface area (Å²) in [6.07, 6.45) is 0.256. The van der Waals surface area contributed by atoms with Gasteiger partial charge in [0.25, 0.3) is 0 Å². The molecule has 0 saturated carbocycles. The molecule has 0 aromatic rings. The molecule has 2 amide bonds. The van der Waals surface area contributed by atoms with Crippen molar-refractivity contribution >= 4 is 12.0 Å². The van der Waals surface area contributed by atoms with Crippen LogP contribution in [-0.2, 0) is 9.53 Å². The second kappa shape index (κ2) is 4.64. The molecule has 2 atom stereocenters. The maximum Gasteiger partial charge on any atom is 0.416 e. The van der Waals surface area contributed by atoms with Crippen molar-refractivity contribution in [3.8, 4) is 0 Å². The molecule has 0 radical (unpaired) electrons. The van der Waals surface area contributed by atoms with E-state index < -0.39 is 6.09 Å². The van der Waals surface area contributed by atoms with Gasteiger partial charge in [-0.05, 0) is 12.3 Å². The quantitative estimate of drug-likeness (QED) is 0.675. The fourth-order valence-corrected chi connectivity index (χ4v) is 1.59. The standard InChI is InChI=1S/C11H19NO3/c1-5-8(4)10(13)12-9(7(2)3)6-15-11(12)14/h7-9H,5-6H2,1-4H3/t8?,9-/m1/s1/i4+1. The number of nitrogens with zero attached hydrogens (tertiary/aromatic N) is 1. The van der Waals surface area contributed by atoms with Gasteiger partial charge in [-0.2, -0.15) is 0 Å². The Morgan fingerprint density at radius 1 is 1.53 bits per heavy atom. The summed E-state index contributed by atoms with van der Waals surface area (Å²) in [5.41, 5.74) is 0. The average molecular weight is 214 g/mol. The zero-order valence-electron chi connectivity index (χ0n) is 9.82. The lowest BCUT2D eigenvalue weighted by molar-refractivity contribution is -0.133. The monoisotopic (exact) mass is 214 g/mol. The van der Waals surface area contributed by atoms with Crippen LogP contribution in [0.25, 0.3) is 0 Å². The van der Waals surface area contributed by atoms with Crippen LogP contribution in [0.2, 0.25) is 0 Å². The molecule has 0 bridgehead atoms. The zero-order valence-corrected chi connectivity index (χ0v) is 9.82. The van der Waals surface area contributed by atoms with Crippen LogP contribution in [0.1, 0.15) is 34.1 Å². The number of carbonyl (C=O) groups excluding carboxylic acids is 2. The number of imide groups is 1. The minimum Gasteiger partial charge on any atom is -0.447 e. The third-order valence-electron chi connectivity index (χ3n) is 2.95. The number of carbonyl (C=O) groups is 2. The van der Waals surface area contributed by atoms with E-state index in [1.807, 2.05) is 27.7 Å². The predicted molar refractivity (Wildman–Crippen MR) is 56.3 cm³/mol. The Balaban J connectivity index is 2.80. The topological polar surface area (TPSA) is 46.6 Å². The van der Waals surface area contributed by atoms with E-state index in [0.717, 1.165) is 6.42 Å². The molecule has 0 spiro atoms. The number of rotatable bonds is 3. The summed E-state index contributed by atoms with van der Waals surface area (Å²) in [5, 5.41) is 0. The number of amides is 2. The lowest BCUT2D eigenvalue weighted by Crippen LogP contribution is -2.44. The van der Waals surface area contributed by atoms with E-state index in [1.165, 1.54) is 4.90 Å². The van der Waals surface area contributed by atoms with Gasteiger partial charge in [0.15, 0.2) is 0 Å². The van der Waals surface area contributed by atoms with E-state index in [-0.39, 0.29) is 23.8 Å². The van der Waals surface area contributed by atoms with Crippen molar-refractivity contribution in [2.45, 2.75) is 40.2 Å². The first-order valence-corrected chi connectivity index (χ1v) is 5.48. The van der Waals surface area contributed by atoms with Gasteiger partial charge in [-0.3, -0.25) is 4.79 Å². The number of cyclic esters (lactones) is 1. The molecule has 1 heterocycles. The lowest BCUT2D eigenvalue weighted by Gasteiger charge is -2.24. The fourth-order valence-electron chi connectivity index (χ4n) is 1.59. The third-order valence-corrected chi connectivity index (χ3v) is 2.95. The Morgan fingerprint density at radius 2 is 2.13 bits per heavy atom. The first kappa shape index (κ1) is 12.0. The molecular weight excluding hydrogens is 195 g/mol. The number of hydrogen-bond acceptors (Lipinski definition) is 3.